The largest absolute Gasteiger partial charge is 0.377 e. The van der Waals surface area contributed by atoms with Crippen LogP contribution in [0.4, 0.5) is 0 Å². The minimum Gasteiger partial charge on any atom is -0.377 e. The van der Waals surface area contributed by atoms with E-state index in [0.717, 1.165) is 38.6 Å². The van der Waals surface area contributed by atoms with Crippen molar-refractivity contribution < 1.29 is 4.74 Å². The van der Waals surface area contributed by atoms with Crippen molar-refractivity contribution in [3.63, 3.8) is 0 Å². The smallest absolute Gasteiger partial charge is 0.194 e. The Hall–Kier alpha value is -0.830. The number of ether oxygens (including phenoxy) is 1. The maximum Gasteiger partial charge on any atom is 0.194 e. The summed E-state index contributed by atoms with van der Waals surface area (Å²) in [5, 5.41) is 8.13. The first-order valence-electron chi connectivity index (χ1n) is 10.1. The van der Waals surface area contributed by atoms with Gasteiger partial charge in [-0.1, -0.05) is 13.8 Å². The number of halogens is 1. The van der Waals surface area contributed by atoms with Gasteiger partial charge in [0, 0.05) is 56.9 Å². The van der Waals surface area contributed by atoms with Crippen molar-refractivity contribution >= 4 is 29.9 Å². The van der Waals surface area contributed by atoms with Gasteiger partial charge in [0.05, 0.1) is 12.3 Å². The molecule has 1 aliphatic carbocycles. The van der Waals surface area contributed by atoms with Gasteiger partial charge in [-0.3, -0.25) is 9.67 Å². The molecule has 7 heteroatoms. The van der Waals surface area contributed by atoms with Crippen LogP contribution in [0, 0.1) is 17.3 Å². The molecule has 2 saturated heterocycles. The lowest BCUT2D eigenvalue weighted by atomic mass is 9.57. The lowest BCUT2D eigenvalue weighted by Crippen LogP contribution is -2.68. The normalized spacial score (nSPS) is 32.0. The number of guanidine groups is 1. The predicted molar refractivity (Wildman–Crippen MR) is 119 cm³/mol. The summed E-state index contributed by atoms with van der Waals surface area (Å²) >= 11 is 0. The van der Waals surface area contributed by atoms with E-state index in [1.165, 1.54) is 18.4 Å². The van der Waals surface area contributed by atoms with Gasteiger partial charge >= 0.3 is 0 Å². The summed E-state index contributed by atoms with van der Waals surface area (Å²) in [6, 6.07) is 0.470. The summed E-state index contributed by atoms with van der Waals surface area (Å²) < 4.78 is 7.84. The molecule has 6 nitrogen and oxygen atoms in total. The van der Waals surface area contributed by atoms with Crippen LogP contribution in [-0.2, 0) is 18.2 Å². The van der Waals surface area contributed by atoms with Crippen molar-refractivity contribution in [3.8, 4) is 0 Å². The average molecular weight is 487 g/mol. The molecule has 4 atom stereocenters. The molecule has 0 aromatic carbocycles. The van der Waals surface area contributed by atoms with E-state index in [4.69, 9.17) is 9.73 Å². The molecule has 3 aliphatic rings. The number of hydrogen-bond acceptors (Lipinski definition) is 3. The summed E-state index contributed by atoms with van der Waals surface area (Å²) in [5.74, 6) is 2.42. The zero-order valence-corrected chi connectivity index (χ0v) is 19.3. The summed E-state index contributed by atoms with van der Waals surface area (Å²) in [6.45, 7) is 10.7. The van der Waals surface area contributed by atoms with Crippen LogP contribution in [0.15, 0.2) is 17.4 Å². The molecule has 2 aliphatic heterocycles. The fourth-order valence-electron chi connectivity index (χ4n) is 5.25. The minimum absolute atomic E-state index is 0. The first-order valence-corrected chi connectivity index (χ1v) is 10.1. The fraction of sp³-hybridized carbons (Fsp3) is 0.800. The predicted octanol–water partition coefficient (Wildman–Crippen LogP) is 2.68. The fourth-order valence-corrected chi connectivity index (χ4v) is 5.25. The number of nitrogens with zero attached hydrogens (tertiary/aromatic N) is 4. The SMILES string of the molecule is CCN=C(NC1C2CCOC2C1(C)C)N1CCC(Cc2cnn(C)c2)C1.I. The maximum absolute atomic E-state index is 5.95. The Labute approximate surface area is 180 Å². The molecule has 1 aromatic rings. The van der Waals surface area contributed by atoms with E-state index in [2.05, 4.69) is 42.3 Å². The van der Waals surface area contributed by atoms with E-state index in [9.17, 15) is 0 Å². The van der Waals surface area contributed by atoms with E-state index >= 15 is 0 Å². The molecule has 0 radical (unpaired) electrons. The number of fused-ring (bicyclic) bond motifs is 1. The summed E-state index contributed by atoms with van der Waals surface area (Å²) in [6.07, 6.45) is 8.06. The summed E-state index contributed by atoms with van der Waals surface area (Å²) in [7, 11) is 1.99. The van der Waals surface area contributed by atoms with Gasteiger partial charge in [-0.15, -0.1) is 24.0 Å². The van der Waals surface area contributed by atoms with Crippen LogP contribution in [0.3, 0.4) is 0 Å². The highest BCUT2D eigenvalue weighted by Gasteiger charge is 2.59. The van der Waals surface area contributed by atoms with Gasteiger partial charge < -0.3 is 15.0 Å². The Morgan fingerprint density at radius 3 is 2.93 bits per heavy atom. The highest BCUT2D eigenvalue weighted by Crippen LogP contribution is 2.52. The Morgan fingerprint density at radius 2 is 2.22 bits per heavy atom. The Balaban J connectivity index is 0.00000210. The van der Waals surface area contributed by atoms with Crippen LogP contribution in [0.2, 0.25) is 0 Å². The standard InChI is InChI=1S/C20H33N5O.HI/c1-5-21-19(23-17-16-7-9-26-18(16)20(17,2)3)25-8-6-14(13-25)10-15-11-22-24(4)12-15;/h11-12,14,16-18H,5-10,13H2,1-4H3,(H,21,23);1H. The molecule has 0 amide bonds. The number of rotatable bonds is 4. The molecule has 0 bridgehead atoms. The van der Waals surface area contributed by atoms with Gasteiger partial charge in [0.15, 0.2) is 5.96 Å². The molecule has 3 fully saturated rings. The van der Waals surface area contributed by atoms with Gasteiger partial charge in [0.25, 0.3) is 0 Å². The molecule has 4 unspecified atom stereocenters. The number of nitrogens with one attached hydrogen (secondary N) is 1. The molecular weight excluding hydrogens is 453 g/mol. The third-order valence-electron chi connectivity index (χ3n) is 6.56. The maximum atomic E-state index is 5.95. The Bertz CT molecular complexity index is 673. The number of hydrogen-bond donors (Lipinski definition) is 1. The second kappa shape index (κ2) is 8.27. The highest BCUT2D eigenvalue weighted by molar-refractivity contribution is 14.0. The van der Waals surface area contributed by atoms with Crippen molar-refractivity contribution in [2.75, 3.05) is 26.2 Å². The molecule has 1 saturated carbocycles. The van der Waals surface area contributed by atoms with E-state index in [-0.39, 0.29) is 29.4 Å². The molecule has 3 heterocycles. The van der Waals surface area contributed by atoms with Gasteiger partial charge in [-0.2, -0.15) is 5.10 Å². The van der Waals surface area contributed by atoms with Crippen LogP contribution >= 0.6 is 24.0 Å². The zero-order valence-electron chi connectivity index (χ0n) is 17.0. The van der Waals surface area contributed by atoms with E-state index in [1.54, 1.807) is 0 Å². The Kier molecular flexibility index (Phi) is 6.40. The van der Waals surface area contributed by atoms with Gasteiger partial charge in [-0.05, 0) is 37.7 Å². The number of aryl methyl sites for hydroxylation is 1. The second-order valence-corrected chi connectivity index (χ2v) is 8.81. The molecular formula is C20H34IN5O. The van der Waals surface area contributed by atoms with Gasteiger partial charge in [0.1, 0.15) is 0 Å². The number of aromatic nitrogens is 2. The van der Waals surface area contributed by atoms with E-state index < -0.39 is 0 Å². The van der Waals surface area contributed by atoms with E-state index in [0.29, 0.717) is 24.0 Å². The third kappa shape index (κ3) is 3.99. The van der Waals surface area contributed by atoms with Crippen LogP contribution in [0.1, 0.15) is 39.2 Å². The summed E-state index contributed by atoms with van der Waals surface area (Å²) in [4.78, 5) is 7.29. The molecule has 27 heavy (non-hydrogen) atoms. The second-order valence-electron chi connectivity index (χ2n) is 8.81. The molecule has 1 N–H and O–H groups in total. The first-order chi connectivity index (χ1) is 12.5. The van der Waals surface area contributed by atoms with Crippen LogP contribution in [0.25, 0.3) is 0 Å². The molecule has 152 valence electrons. The molecule has 0 spiro atoms. The van der Waals surface area contributed by atoms with Crippen molar-refractivity contribution in [2.45, 2.75) is 52.2 Å². The van der Waals surface area contributed by atoms with Crippen LogP contribution < -0.4 is 5.32 Å². The van der Waals surface area contributed by atoms with Gasteiger partial charge in [-0.25, -0.2) is 0 Å². The van der Waals surface area contributed by atoms with Crippen molar-refractivity contribution in [1.82, 2.24) is 20.0 Å². The lowest BCUT2D eigenvalue weighted by Gasteiger charge is -2.55. The number of likely N-dealkylation sites (tertiary alicyclic amines) is 1. The summed E-state index contributed by atoms with van der Waals surface area (Å²) in [5.41, 5.74) is 1.53. The average Bonchev–Trinajstić information content (AvgIpc) is 3.32. The minimum atomic E-state index is 0. The monoisotopic (exact) mass is 487 g/mol. The quantitative estimate of drug-likeness (QED) is 0.403. The van der Waals surface area contributed by atoms with Crippen LogP contribution in [0.5, 0.6) is 0 Å². The first kappa shape index (κ1) is 20.9. The van der Waals surface area contributed by atoms with Crippen molar-refractivity contribution in [2.24, 2.45) is 29.3 Å². The number of aliphatic imine (C=N–C) groups is 1. The van der Waals surface area contributed by atoms with Gasteiger partial charge in [0.2, 0.25) is 0 Å². The van der Waals surface area contributed by atoms with Crippen LogP contribution in [-0.4, -0.2) is 59.0 Å². The Morgan fingerprint density at radius 1 is 1.41 bits per heavy atom. The van der Waals surface area contributed by atoms with Crippen molar-refractivity contribution in [1.29, 1.82) is 0 Å². The zero-order chi connectivity index (χ0) is 18.3. The third-order valence-corrected chi connectivity index (χ3v) is 6.56. The van der Waals surface area contributed by atoms with E-state index in [1.807, 2.05) is 17.9 Å². The van der Waals surface area contributed by atoms with Crippen molar-refractivity contribution in [3.05, 3.63) is 18.0 Å². The highest BCUT2D eigenvalue weighted by atomic mass is 127. The lowest BCUT2D eigenvalue weighted by molar-refractivity contribution is -0.107. The molecule has 4 rings (SSSR count). The topological polar surface area (TPSA) is 54.7 Å². The molecule has 1 aromatic heterocycles.